The lowest BCUT2D eigenvalue weighted by atomic mass is 9.69. The second-order valence-corrected chi connectivity index (χ2v) is 4.60. The molecule has 1 saturated carbocycles. The third-order valence-electron chi connectivity index (χ3n) is 3.51. The van der Waals surface area contributed by atoms with E-state index >= 15 is 0 Å². The Morgan fingerprint density at radius 3 is 2.81 bits per heavy atom. The number of nitrogens with one attached hydrogen (secondary N) is 1. The van der Waals surface area contributed by atoms with Crippen molar-refractivity contribution in [3.63, 3.8) is 0 Å². The van der Waals surface area contributed by atoms with Crippen LogP contribution >= 0.6 is 0 Å². The fourth-order valence-electron chi connectivity index (χ4n) is 2.12. The zero-order valence-corrected chi connectivity index (χ0v) is 9.37. The summed E-state index contributed by atoms with van der Waals surface area (Å²) < 4.78 is 0. The molecule has 1 fully saturated rings. The summed E-state index contributed by atoms with van der Waals surface area (Å²) in [5.41, 5.74) is 7.80. The average molecular weight is 215 g/mol. The summed E-state index contributed by atoms with van der Waals surface area (Å²) in [5.74, 6) is 0. The molecule has 84 valence electrons. The van der Waals surface area contributed by atoms with Crippen molar-refractivity contribution < 1.29 is 0 Å². The molecular formula is C13H17N3. The quantitative estimate of drug-likeness (QED) is 0.808. The molecule has 3 nitrogen and oxygen atoms in total. The highest BCUT2D eigenvalue weighted by Gasteiger charge is 2.35. The van der Waals surface area contributed by atoms with Gasteiger partial charge in [0.25, 0.3) is 0 Å². The van der Waals surface area contributed by atoms with Crippen LogP contribution in [0.2, 0.25) is 0 Å². The van der Waals surface area contributed by atoms with Crippen LogP contribution < -0.4 is 11.1 Å². The van der Waals surface area contributed by atoms with Crippen molar-refractivity contribution in [2.75, 3.05) is 18.4 Å². The highest BCUT2D eigenvalue weighted by atomic mass is 14.9. The van der Waals surface area contributed by atoms with E-state index < -0.39 is 0 Å². The first-order chi connectivity index (χ1) is 7.78. The van der Waals surface area contributed by atoms with E-state index in [-0.39, 0.29) is 0 Å². The number of benzene rings is 1. The highest BCUT2D eigenvalue weighted by molar-refractivity contribution is 5.49. The maximum absolute atomic E-state index is 8.80. The smallest absolute Gasteiger partial charge is 0.0992 e. The van der Waals surface area contributed by atoms with Crippen LogP contribution in [0.25, 0.3) is 0 Å². The van der Waals surface area contributed by atoms with Crippen LogP contribution in [0.5, 0.6) is 0 Å². The number of hydrogen-bond acceptors (Lipinski definition) is 3. The Balaban J connectivity index is 1.96. The number of rotatable bonds is 4. The molecule has 0 spiro atoms. The van der Waals surface area contributed by atoms with Crippen LogP contribution in [0.4, 0.5) is 5.69 Å². The van der Waals surface area contributed by atoms with E-state index in [2.05, 4.69) is 11.4 Å². The van der Waals surface area contributed by atoms with E-state index in [1.54, 1.807) is 0 Å². The van der Waals surface area contributed by atoms with E-state index in [1.165, 1.54) is 19.3 Å². The molecule has 2 rings (SSSR count). The van der Waals surface area contributed by atoms with Crippen molar-refractivity contribution in [3.05, 3.63) is 29.8 Å². The molecule has 1 aromatic carbocycles. The normalized spacial score (nSPS) is 17.2. The van der Waals surface area contributed by atoms with Crippen LogP contribution in [0.15, 0.2) is 24.3 Å². The van der Waals surface area contributed by atoms with E-state index in [4.69, 9.17) is 11.0 Å². The van der Waals surface area contributed by atoms with E-state index in [0.717, 1.165) is 18.8 Å². The minimum atomic E-state index is 0.294. The molecule has 16 heavy (non-hydrogen) atoms. The summed E-state index contributed by atoms with van der Waals surface area (Å²) in [5, 5.41) is 12.2. The number of nitrogens with two attached hydrogens (primary N) is 1. The van der Waals surface area contributed by atoms with Gasteiger partial charge in [0, 0.05) is 12.2 Å². The van der Waals surface area contributed by atoms with Crippen molar-refractivity contribution in [1.82, 2.24) is 0 Å². The zero-order chi connectivity index (χ0) is 11.4. The second kappa shape index (κ2) is 4.54. The SMILES string of the molecule is N#Cc1cccc(NCC2(CN)CCC2)c1. The first-order valence-electron chi connectivity index (χ1n) is 5.72. The molecule has 3 N–H and O–H groups in total. The fraction of sp³-hybridized carbons (Fsp3) is 0.462. The van der Waals surface area contributed by atoms with E-state index in [9.17, 15) is 0 Å². The molecule has 0 aliphatic heterocycles. The van der Waals surface area contributed by atoms with Gasteiger partial charge in [-0.3, -0.25) is 0 Å². The van der Waals surface area contributed by atoms with Crippen molar-refractivity contribution in [3.8, 4) is 6.07 Å². The molecule has 0 bridgehead atoms. The molecule has 1 aromatic rings. The van der Waals surface area contributed by atoms with Crippen molar-refractivity contribution in [2.45, 2.75) is 19.3 Å². The fourth-order valence-corrected chi connectivity index (χ4v) is 2.12. The summed E-state index contributed by atoms with van der Waals surface area (Å²) in [6, 6.07) is 9.72. The lowest BCUT2D eigenvalue weighted by Gasteiger charge is -2.41. The first-order valence-corrected chi connectivity index (χ1v) is 5.72. The third-order valence-corrected chi connectivity index (χ3v) is 3.51. The second-order valence-electron chi connectivity index (χ2n) is 4.60. The predicted octanol–water partition coefficient (Wildman–Crippen LogP) is 2.10. The van der Waals surface area contributed by atoms with Gasteiger partial charge < -0.3 is 11.1 Å². The number of nitrogens with zero attached hydrogens (tertiary/aromatic N) is 1. The van der Waals surface area contributed by atoms with Gasteiger partial charge in [-0.05, 0) is 43.0 Å². The summed E-state index contributed by atoms with van der Waals surface area (Å²) in [7, 11) is 0. The van der Waals surface area contributed by atoms with Crippen molar-refractivity contribution >= 4 is 5.69 Å². The van der Waals surface area contributed by atoms with Crippen LogP contribution in [0.3, 0.4) is 0 Å². The average Bonchev–Trinajstić information content (AvgIpc) is 2.29. The number of anilines is 1. The minimum absolute atomic E-state index is 0.294. The van der Waals surface area contributed by atoms with Gasteiger partial charge in [-0.1, -0.05) is 12.5 Å². The standard InChI is InChI=1S/C13H17N3/c14-8-11-3-1-4-12(7-11)16-10-13(9-15)5-2-6-13/h1,3-4,7,16H,2,5-6,9-10,15H2. The van der Waals surface area contributed by atoms with Crippen LogP contribution in [-0.2, 0) is 0 Å². The Labute approximate surface area is 96.3 Å². The van der Waals surface area contributed by atoms with Gasteiger partial charge in [0.2, 0.25) is 0 Å². The molecular weight excluding hydrogens is 198 g/mol. The Morgan fingerprint density at radius 2 is 2.25 bits per heavy atom. The Kier molecular flexibility index (Phi) is 3.12. The molecule has 1 aliphatic carbocycles. The van der Waals surface area contributed by atoms with Crippen molar-refractivity contribution in [2.24, 2.45) is 11.1 Å². The first kappa shape index (κ1) is 11.0. The van der Waals surface area contributed by atoms with Gasteiger partial charge >= 0.3 is 0 Å². The zero-order valence-electron chi connectivity index (χ0n) is 9.37. The molecule has 0 heterocycles. The number of hydrogen-bond donors (Lipinski definition) is 2. The Hall–Kier alpha value is -1.53. The third kappa shape index (κ3) is 2.17. The monoisotopic (exact) mass is 215 g/mol. The van der Waals surface area contributed by atoms with Gasteiger partial charge in [0.05, 0.1) is 11.6 Å². The van der Waals surface area contributed by atoms with Gasteiger partial charge in [-0.2, -0.15) is 5.26 Å². The van der Waals surface area contributed by atoms with Gasteiger partial charge in [-0.15, -0.1) is 0 Å². The molecule has 0 radical (unpaired) electrons. The summed E-state index contributed by atoms with van der Waals surface area (Å²) in [4.78, 5) is 0. The number of nitriles is 1. The summed E-state index contributed by atoms with van der Waals surface area (Å²) in [6.07, 6.45) is 3.72. The predicted molar refractivity (Wildman–Crippen MR) is 65.0 cm³/mol. The van der Waals surface area contributed by atoms with Gasteiger partial charge in [0.15, 0.2) is 0 Å². The molecule has 0 atom stereocenters. The van der Waals surface area contributed by atoms with Crippen LogP contribution in [0, 0.1) is 16.7 Å². The Bertz CT molecular complexity index is 396. The molecule has 0 saturated heterocycles. The van der Waals surface area contributed by atoms with Crippen LogP contribution in [0.1, 0.15) is 24.8 Å². The summed E-state index contributed by atoms with van der Waals surface area (Å²) >= 11 is 0. The Morgan fingerprint density at radius 1 is 1.44 bits per heavy atom. The topological polar surface area (TPSA) is 61.8 Å². The van der Waals surface area contributed by atoms with E-state index in [0.29, 0.717) is 11.0 Å². The highest BCUT2D eigenvalue weighted by Crippen LogP contribution is 2.39. The molecule has 1 aliphatic rings. The van der Waals surface area contributed by atoms with Gasteiger partial charge in [0.1, 0.15) is 0 Å². The lowest BCUT2D eigenvalue weighted by molar-refractivity contribution is 0.163. The summed E-state index contributed by atoms with van der Waals surface area (Å²) in [6.45, 7) is 1.66. The van der Waals surface area contributed by atoms with Crippen LogP contribution in [-0.4, -0.2) is 13.1 Å². The van der Waals surface area contributed by atoms with Crippen molar-refractivity contribution in [1.29, 1.82) is 5.26 Å². The maximum Gasteiger partial charge on any atom is 0.0992 e. The molecule has 0 unspecified atom stereocenters. The largest absolute Gasteiger partial charge is 0.384 e. The molecule has 0 amide bonds. The molecule has 3 heteroatoms. The maximum atomic E-state index is 8.80. The van der Waals surface area contributed by atoms with Gasteiger partial charge in [-0.25, -0.2) is 0 Å². The molecule has 0 aromatic heterocycles. The minimum Gasteiger partial charge on any atom is -0.384 e. The lowest BCUT2D eigenvalue weighted by Crippen LogP contribution is -2.42. The van der Waals surface area contributed by atoms with E-state index in [1.807, 2.05) is 24.3 Å².